The molecule has 4 atom stereocenters. The lowest BCUT2D eigenvalue weighted by Gasteiger charge is -2.25. The number of fused-ring (bicyclic) bond motifs is 2. The van der Waals surface area contributed by atoms with Crippen molar-refractivity contribution in [2.45, 2.75) is 37.9 Å². The molecular weight excluding hydrogens is 168 g/mol. The standard InChI is InChI=1S/C9H16N2O2/c1-2-13-9(12)8-5-3-6(10)7(4-5)11-8/h5-8,11H,2-4,10H2,1H3/t5-,6+,7-,8+/m0/s1. The molecule has 2 rings (SSSR count). The lowest BCUT2D eigenvalue weighted by atomic mass is 9.99. The maximum atomic E-state index is 11.4. The number of hydrogen-bond acceptors (Lipinski definition) is 4. The van der Waals surface area contributed by atoms with Crippen LogP contribution in [-0.4, -0.2) is 30.7 Å². The van der Waals surface area contributed by atoms with Crippen molar-refractivity contribution < 1.29 is 9.53 Å². The molecule has 13 heavy (non-hydrogen) atoms. The normalized spacial score (nSPS) is 42.3. The van der Waals surface area contributed by atoms with E-state index in [2.05, 4.69) is 5.32 Å². The van der Waals surface area contributed by atoms with Gasteiger partial charge in [0.25, 0.3) is 0 Å². The van der Waals surface area contributed by atoms with Crippen LogP contribution in [0.1, 0.15) is 19.8 Å². The van der Waals surface area contributed by atoms with E-state index in [1.807, 2.05) is 6.92 Å². The molecule has 0 unspecified atom stereocenters. The molecule has 4 heteroatoms. The molecule has 0 radical (unpaired) electrons. The molecule has 2 bridgehead atoms. The SMILES string of the molecule is CCOC(=O)[C@@H]1N[C@H]2C[C@@H]1C[C@H]2N. The fourth-order valence-corrected chi connectivity index (χ4v) is 2.43. The highest BCUT2D eigenvalue weighted by Gasteiger charge is 2.47. The maximum Gasteiger partial charge on any atom is 0.323 e. The average Bonchev–Trinajstić information content (AvgIpc) is 2.62. The Morgan fingerprint density at radius 2 is 2.38 bits per heavy atom. The summed E-state index contributed by atoms with van der Waals surface area (Å²) in [5.74, 6) is 0.293. The second-order valence-electron chi connectivity index (χ2n) is 3.90. The van der Waals surface area contributed by atoms with Crippen LogP contribution in [0, 0.1) is 5.92 Å². The van der Waals surface area contributed by atoms with Crippen molar-refractivity contribution >= 4 is 5.97 Å². The molecule has 0 amide bonds. The lowest BCUT2D eigenvalue weighted by molar-refractivity contribution is -0.146. The molecule has 1 saturated carbocycles. The average molecular weight is 184 g/mol. The Balaban J connectivity index is 1.95. The Kier molecular flexibility index (Phi) is 2.26. The van der Waals surface area contributed by atoms with Gasteiger partial charge in [-0.2, -0.15) is 0 Å². The number of ether oxygens (including phenoxy) is 1. The first-order valence-corrected chi connectivity index (χ1v) is 4.90. The first-order chi connectivity index (χ1) is 6.22. The number of nitrogens with one attached hydrogen (secondary N) is 1. The highest BCUT2D eigenvalue weighted by molar-refractivity contribution is 5.77. The van der Waals surface area contributed by atoms with Gasteiger partial charge in [-0.15, -0.1) is 0 Å². The Bertz CT molecular complexity index is 218. The summed E-state index contributed by atoms with van der Waals surface area (Å²) < 4.78 is 4.97. The zero-order valence-corrected chi connectivity index (χ0v) is 7.82. The van der Waals surface area contributed by atoms with Crippen molar-refractivity contribution in [1.82, 2.24) is 5.32 Å². The van der Waals surface area contributed by atoms with Gasteiger partial charge in [0.05, 0.1) is 6.61 Å². The van der Waals surface area contributed by atoms with Crippen LogP contribution in [-0.2, 0) is 9.53 Å². The van der Waals surface area contributed by atoms with Gasteiger partial charge in [-0.05, 0) is 25.7 Å². The fraction of sp³-hybridized carbons (Fsp3) is 0.889. The molecule has 2 fully saturated rings. The second-order valence-corrected chi connectivity index (χ2v) is 3.90. The predicted octanol–water partition coefficient (Wildman–Crippen LogP) is -0.373. The third-order valence-corrected chi connectivity index (χ3v) is 3.05. The van der Waals surface area contributed by atoms with Crippen LogP contribution < -0.4 is 11.1 Å². The van der Waals surface area contributed by atoms with Gasteiger partial charge in [-0.1, -0.05) is 0 Å². The minimum atomic E-state index is -0.109. The van der Waals surface area contributed by atoms with E-state index < -0.39 is 0 Å². The van der Waals surface area contributed by atoms with Crippen molar-refractivity contribution in [3.63, 3.8) is 0 Å². The van der Waals surface area contributed by atoms with Gasteiger partial charge >= 0.3 is 5.97 Å². The van der Waals surface area contributed by atoms with E-state index in [4.69, 9.17) is 10.5 Å². The summed E-state index contributed by atoms with van der Waals surface area (Å²) in [6.07, 6.45) is 1.99. The first-order valence-electron chi connectivity index (χ1n) is 4.90. The van der Waals surface area contributed by atoms with Crippen LogP contribution in [0.4, 0.5) is 0 Å². The molecule has 1 aliphatic carbocycles. The van der Waals surface area contributed by atoms with Gasteiger partial charge in [-0.25, -0.2) is 0 Å². The van der Waals surface area contributed by atoms with Crippen LogP contribution in [0.2, 0.25) is 0 Å². The van der Waals surface area contributed by atoms with Crippen molar-refractivity contribution in [2.75, 3.05) is 6.61 Å². The molecule has 1 heterocycles. The van der Waals surface area contributed by atoms with Gasteiger partial charge in [0.1, 0.15) is 6.04 Å². The van der Waals surface area contributed by atoms with Crippen LogP contribution in [0.25, 0.3) is 0 Å². The van der Waals surface area contributed by atoms with Gasteiger partial charge < -0.3 is 10.5 Å². The zero-order valence-electron chi connectivity index (χ0n) is 7.82. The summed E-state index contributed by atoms with van der Waals surface area (Å²) in [4.78, 5) is 11.4. The smallest absolute Gasteiger partial charge is 0.323 e. The van der Waals surface area contributed by atoms with Crippen LogP contribution in [0.15, 0.2) is 0 Å². The largest absolute Gasteiger partial charge is 0.465 e. The van der Waals surface area contributed by atoms with Crippen molar-refractivity contribution in [2.24, 2.45) is 11.7 Å². The summed E-state index contributed by atoms with van der Waals surface area (Å²) in [6, 6.07) is 0.472. The summed E-state index contributed by atoms with van der Waals surface area (Å²) in [6.45, 7) is 2.29. The molecule has 1 saturated heterocycles. The highest BCUT2D eigenvalue weighted by atomic mass is 16.5. The van der Waals surface area contributed by atoms with Crippen LogP contribution >= 0.6 is 0 Å². The Morgan fingerprint density at radius 1 is 1.62 bits per heavy atom. The number of rotatable bonds is 2. The summed E-state index contributed by atoms with van der Waals surface area (Å²) in [5, 5.41) is 3.23. The number of carbonyl (C=O) groups is 1. The number of piperidine rings is 1. The second kappa shape index (κ2) is 3.27. The molecule has 1 aliphatic heterocycles. The predicted molar refractivity (Wildman–Crippen MR) is 48.0 cm³/mol. The lowest BCUT2D eigenvalue weighted by Crippen LogP contribution is -2.50. The summed E-state index contributed by atoms with van der Waals surface area (Å²) >= 11 is 0. The van der Waals surface area contributed by atoms with Crippen molar-refractivity contribution in [3.05, 3.63) is 0 Å². The molecular formula is C9H16N2O2. The minimum absolute atomic E-state index is 0.0928. The van der Waals surface area contributed by atoms with E-state index in [1.165, 1.54) is 0 Å². The summed E-state index contributed by atoms with van der Waals surface area (Å²) in [5.41, 5.74) is 5.84. The third-order valence-electron chi connectivity index (χ3n) is 3.05. The minimum Gasteiger partial charge on any atom is -0.465 e. The number of esters is 1. The topological polar surface area (TPSA) is 64.3 Å². The summed E-state index contributed by atoms with van der Waals surface area (Å²) in [7, 11) is 0. The monoisotopic (exact) mass is 184 g/mol. The van der Waals surface area contributed by atoms with E-state index in [9.17, 15) is 4.79 Å². The van der Waals surface area contributed by atoms with Gasteiger partial charge in [0.2, 0.25) is 0 Å². The number of nitrogens with two attached hydrogens (primary N) is 1. The molecule has 0 spiro atoms. The van der Waals surface area contributed by atoms with E-state index in [-0.39, 0.29) is 18.1 Å². The van der Waals surface area contributed by atoms with E-state index in [0.29, 0.717) is 18.6 Å². The Hall–Kier alpha value is -0.610. The van der Waals surface area contributed by atoms with Gasteiger partial charge in [0.15, 0.2) is 0 Å². The Morgan fingerprint density at radius 3 is 2.85 bits per heavy atom. The van der Waals surface area contributed by atoms with Crippen LogP contribution in [0.3, 0.4) is 0 Å². The molecule has 0 aromatic carbocycles. The Labute approximate surface area is 77.8 Å². The molecule has 74 valence electrons. The molecule has 2 aliphatic rings. The highest BCUT2D eigenvalue weighted by Crippen LogP contribution is 2.34. The van der Waals surface area contributed by atoms with E-state index in [0.717, 1.165) is 12.8 Å². The molecule has 4 nitrogen and oxygen atoms in total. The van der Waals surface area contributed by atoms with Crippen molar-refractivity contribution in [3.8, 4) is 0 Å². The van der Waals surface area contributed by atoms with Crippen LogP contribution in [0.5, 0.6) is 0 Å². The van der Waals surface area contributed by atoms with Crippen molar-refractivity contribution in [1.29, 1.82) is 0 Å². The zero-order chi connectivity index (χ0) is 9.42. The van der Waals surface area contributed by atoms with Gasteiger partial charge in [-0.3, -0.25) is 10.1 Å². The molecule has 0 aromatic rings. The van der Waals surface area contributed by atoms with Gasteiger partial charge in [0, 0.05) is 12.1 Å². The fourth-order valence-electron chi connectivity index (χ4n) is 2.43. The number of carbonyl (C=O) groups excluding carboxylic acids is 1. The quantitative estimate of drug-likeness (QED) is 0.575. The number of hydrogen-bond donors (Lipinski definition) is 2. The first kappa shape index (κ1) is 8.97. The molecule has 0 aromatic heterocycles. The third kappa shape index (κ3) is 1.44. The van der Waals surface area contributed by atoms with E-state index >= 15 is 0 Å². The molecule has 3 N–H and O–H groups in total. The maximum absolute atomic E-state index is 11.4. The van der Waals surface area contributed by atoms with E-state index in [1.54, 1.807) is 0 Å².